The van der Waals surface area contributed by atoms with Crippen LogP contribution in [0.4, 0.5) is 0 Å². The molecule has 0 radical (unpaired) electrons. The number of hydrogen-bond acceptors (Lipinski definition) is 3. The first-order valence-corrected chi connectivity index (χ1v) is 5.76. The molecule has 5 heteroatoms. The number of carbonyl (C=O) groups excluding carboxylic acids is 1. The van der Waals surface area contributed by atoms with E-state index in [2.05, 4.69) is 10.3 Å². The Morgan fingerprint density at radius 1 is 1.56 bits per heavy atom. The average molecular weight is 222 g/mol. The number of nitrogens with two attached hydrogens (primary N) is 1. The molecule has 88 valence electrons. The van der Waals surface area contributed by atoms with Crippen LogP contribution in [0.15, 0.2) is 18.7 Å². The van der Waals surface area contributed by atoms with Gasteiger partial charge in [-0.15, -0.1) is 0 Å². The van der Waals surface area contributed by atoms with Crippen LogP contribution in [0.25, 0.3) is 0 Å². The second-order valence-electron chi connectivity index (χ2n) is 4.29. The van der Waals surface area contributed by atoms with Crippen molar-refractivity contribution in [3.05, 3.63) is 18.7 Å². The third-order valence-electron chi connectivity index (χ3n) is 3.13. The van der Waals surface area contributed by atoms with Gasteiger partial charge in [-0.05, 0) is 12.8 Å². The number of amides is 1. The van der Waals surface area contributed by atoms with E-state index in [0.717, 1.165) is 25.8 Å². The fourth-order valence-corrected chi connectivity index (χ4v) is 2.17. The van der Waals surface area contributed by atoms with Crippen LogP contribution in [-0.2, 0) is 11.3 Å². The molecule has 3 N–H and O–H groups in total. The third-order valence-corrected chi connectivity index (χ3v) is 3.13. The number of hydrogen-bond donors (Lipinski definition) is 2. The Hall–Kier alpha value is -1.36. The first kappa shape index (κ1) is 11.1. The van der Waals surface area contributed by atoms with Gasteiger partial charge in [0.2, 0.25) is 5.91 Å². The highest BCUT2D eigenvalue weighted by atomic mass is 16.1. The lowest BCUT2D eigenvalue weighted by Gasteiger charge is -2.15. The Morgan fingerprint density at radius 3 is 3.06 bits per heavy atom. The Kier molecular flexibility index (Phi) is 3.56. The lowest BCUT2D eigenvalue weighted by molar-refractivity contribution is -0.125. The van der Waals surface area contributed by atoms with Crippen molar-refractivity contribution in [3.63, 3.8) is 0 Å². The van der Waals surface area contributed by atoms with Gasteiger partial charge >= 0.3 is 0 Å². The van der Waals surface area contributed by atoms with E-state index in [1.807, 2.05) is 10.8 Å². The van der Waals surface area contributed by atoms with E-state index in [9.17, 15) is 4.79 Å². The van der Waals surface area contributed by atoms with Crippen molar-refractivity contribution in [2.75, 3.05) is 6.54 Å². The molecule has 1 aromatic rings. The minimum Gasteiger partial charge on any atom is -0.354 e. The van der Waals surface area contributed by atoms with Gasteiger partial charge in [0.15, 0.2) is 0 Å². The number of aromatic nitrogens is 2. The van der Waals surface area contributed by atoms with Gasteiger partial charge in [-0.3, -0.25) is 4.79 Å². The summed E-state index contributed by atoms with van der Waals surface area (Å²) in [6, 6.07) is 0.0493. The zero-order valence-electron chi connectivity index (χ0n) is 9.30. The van der Waals surface area contributed by atoms with E-state index in [1.54, 1.807) is 12.5 Å². The fraction of sp³-hybridized carbons (Fsp3) is 0.636. The topological polar surface area (TPSA) is 72.9 Å². The predicted octanol–water partition coefficient (Wildman–Crippen LogP) is 0.127. The summed E-state index contributed by atoms with van der Waals surface area (Å²) in [6.07, 6.45) is 8.33. The highest BCUT2D eigenvalue weighted by Crippen LogP contribution is 2.23. The standard InChI is InChI=1S/C11H18N4O/c12-10-3-1-2-9(10)11(16)14-5-7-15-6-4-13-8-15/h4,6,8-10H,1-3,5,7,12H2,(H,14,16). The normalized spacial score (nSPS) is 24.6. The maximum atomic E-state index is 11.8. The van der Waals surface area contributed by atoms with Gasteiger partial charge in [-0.2, -0.15) is 0 Å². The van der Waals surface area contributed by atoms with E-state index in [0.29, 0.717) is 6.54 Å². The van der Waals surface area contributed by atoms with E-state index < -0.39 is 0 Å². The smallest absolute Gasteiger partial charge is 0.224 e. The molecule has 1 heterocycles. The van der Waals surface area contributed by atoms with Crippen molar-refractivity contribution in [3.8, 4) is 0 Å². The van der Waals surface area contributed by atoms with Crippen molar-refractivity contribution in [1.82, 2.24) is 14.9 Å². The molecule has 2 rings (SSSR count). The van der Waals surface area contributed by atoms with Crippen molar-refractivity contribution < 1.29 is 4.79 Å². The van der Waals surface area contributed by atoms with Crippen LogP contribution in [0.5, 0.6) is 0 Å². The quantitative estimate of drug-likeness (QED) is 0.760. The summed E-state index contributed by atoms with van der Waals surface area (Å²) in [7, 11) is 0. The third kappa shape index (κ3) is 2.61. The second-order valence-corrected chi connectivity index (χ2v) is 4.29. The lowest BCUT2D eigenvalue weighted by atomic mass is 10.0. The molecule has 1 fully saturated rings. The van der Waals surface area contributed by atoms with Crippen molar-refractivity contribution >= 4 is 5.91 Å². The molecule has 0 aliphatic heterocycles. The van der Waals surface area contributed by atoms with E-state index >= 15 is 0 Å². The molecule has 0 saturated heterocycles. The number of carbonyl (C=O) groups is 1. The molecule has 1 amide bonds. The molecular formula is C11H18N4O. The summed E-state index contributed by atoms with van der Waals surface area (Å²) in [5.41, 5.74) is 5.87. The van der Waals surface area contributed by atoms with Crippen molar-refractivity contribution in [2.45, 2.75) is 31.8 Å². The highest BCUT2D eigenvalue weighted by Gasteiger charge is 2.29. The van der Waals surface area contributed by atoms with Crippen molar-refractivity contribution in [1.29, 1.82) is 0 Å². The average Bonchev–Trinajstić information content (AvgIpc) is 2.88. The van der Waals surface area contributed by atoms with Gasteiger partial charge in [0, 0.05) is 31.5 Å². The maximum Gasteiger partial charge on any atom is 0.224 e. The summed E-state index contributed by atoms with van der Waals surface area (Å²) in [5, 5.41) is 2.93. The SMILES string of the molecule is NC1CCCC1C(=O)NCCn1ccnc1. The van der Waals surface area contributed by atoms with Gasteiger partial charge < -0.3 is 15.6 Å². The fourth-order valence-electron chi connectivity index (χ4n) is 2.17. The van der Waals surface area contributed by atoms with Gasteiger partial charge in [0.05, 0.1) is 12.2 Å². The van der Waals surface area contributed by atoms with Crippen LogP contribution in [0.2, 0.25) is 0 Å². The number of nitrogens with one attached hydrogen (secondary N) is 1. The summed E-state index contributed by atoms with van der Waals surface area (Å²) >= 11 is 0. The Labute approximate surface area is 95.0 Å². The molecule has 1 aliphatic rings. The van der Waals surface area contributed by atoms with Crippen molar-refractivity contribution in [2.24, 2.45) is 11.7 Å². The van der Waals surface area contributed by atoms with Crippen LogP contribution in [-0.4, -0.2) is 28.0 Å². The summed E-state index contributed by atoms with van der Waals surface area (Å²) in [6.45, 7) is 1.39. The zero-order chi connectivity index (χ0) is 11.4. The molecule has 1 aliphatic carbocycles. The van der Waals surface area contributed by atoms with Crippen LogP contribution < -0.4 is 11.1 Å². The highest BCUT2D eigenvalue weighted by molar-refractivity contribution is 5.79. The lowest BCUT2D eigenvalue weighted by Crippen LogP contribution is -2.39. The molecule has 1 saturated carbocycles. The second kappa shape index (κ2) is 5.12. The van der Waals surface area contributed by atoms with E-state index in [1.165, 1.54) is 0 Å². The van der Waals surface area contributed by atoms with Crippen LogP contribution >= 0.6 is 0 Å². The summed E-state index contributed by atoms with van der Waals surface area (Å²) in [5.74, 6) is 0.118. The largest absolute Gasteiger partial charge is 0.354 e. The first-order valence-electron chi connectivity index (χ1n) is 5.76. The Bertz CT molecular complexity index is 336. The minimum absolute atomic E-state index is 0.0165. The van der Waals surface area contributed by atoms with Gasteiger partial charge in [-0.1, -0.05) is 6.42 Å². The first-order chi connectivity index (χ1) is 7.77. The molecule has 0 aromatic carbocycles. The summed E-state index contributed by atoms with van der Waals surface area (Å²) in [4.78, 5) is 15.7. The van der Waals surface area contributed by atoms with E-state index in [4.69, 9.17) is 5.73 Å². The van der Waals surface area contributed by atoms with Crippen LogP contribution in [0.3, 0.4) is 0 Å². The van der Waals surface area contributed by atoms with E-state index in [-0.39, 0.29) is 17.9 Å². The molecule has 2 atom stereocenters. The number of nitrogens with zero attached hydrogens (tertiary/aromatic N) is 2. The Morgan fingerprint density at radius 2 is 2.44 bits per heavy atom. The van der Waals surface area contributed by atoms with Crippen LogP contribution in [0, 0.1) is 5.92 Å². The molecule has 5 nitrogen and oxygen atoms in total. The Balaban J connectivity index is 1.71. The summed E-state index contributed by atoms with van der Waals surface area (Å²) < 4.78 is 1.94. The predicted molar refractivity (Wildman–Crippen MR) is 60.6 cm³/mol. The van der Waals surface area contributed by atoms with Gasteiger partial charge in [0.1, 0.15) is 0 Å². The van der Waals surface area contributed by atoms with Gasteiger partial charge in [0.25, 0.3) is 0 Å². The maximum absolute atomic E-state index is 11.8. The molecule has 2 unspecified atom stereocenters. The monoisotopic (exact) mass is 222 g/mol. The minimum atomic E-state index is 0.0165. The van der Waals surface area contributed by atoms with Crippen LogP contribution in [0.1, 0.15) is 19.3 Å². The molecule has 0 spiro atoms. The number of rotatable bonds is 4. The molecular weight excluding hydrogens is 204 g/mol. The zero-order valence-corrected chi connectivity index (χ0v) is 9.30. The van der Waals surface area contributed by atoms with Gasteiger partial charge in [-0.25, -0.2) is 4.98 Å². The molecule has 1 aromatic heterocycles. The molecule has 16 heavy (non-hydrogen) atoms. The number of imidazole rings is 1. The molecule has 0 bridgehead atoms.